The maximum absolute atomic E-state index is 2.38. The molecule has 4 aromatic carbocycles. The average Bonchev–Trinajstić information content (AvgIpc) is 2.74. The second kappa shape index (κ2) is 7.72. The molecular weight excluding hydrogens is 348 g/mol. The molecule has 0 aliphatic rings. The standard InChI is InChI=1S/C29H28/c1-21-27(23-14-9-6-10-15-23)19-26(29(2,3)4)20-28(21)25-17-11-16-24(18-25)22-12-7-5-8-13-22/h5-20H,1-4H3. The van der Waals surface area contributed by atoms with Crippen LogP contribution < -0.4 is 0 Å². The molecule has 29 heavy (non-hydrogen) atoms. The van der Waals surface area contributed by atoms with E-state index in [9.17, 15) is 0 Å². The quantitative estimate of drug-likeness (QED) is 0.337. The molecule has 0 atom stereocenters. The number of benzene rings is 4. The highest BCUT2D eigenvalue weighted by atomic mass is 14.2. The zero-order valence-corrected chi connectivity index (χ0v) is 17.7. The fourth-order valence-electron chi connectivity index (χ4n) is 3.86. The maximum atomic E-state index is 2.38. The monoisotopic (exact) mass is 376 g/mol. The topological polar surface area (TPSA) is 0 Å². The maximum Gasteiger partial charge on any atom is -0.0131 e. The first-order valence-electron chi connectivity index (χ1n) is 10.3. The van der Waals surface area contributed by atoms with Crippen LogP contribution >= 0.6 is 0 Å². The SMILES string of the molecule is Cc1c(-c2ccccc2)cc(C(C)(C)C)cc1-c1cccc(-c2ccccc2)c1. The van der Waals surface area contributed by atoms with E-state index in [-0.39, 0.29) is 5.41 Å². The van der Waals surface area contributed by atoms with Crippen molar-refractivity contribution in [3.8, 4) is 33.4 Å². The van der Waals surface area contributed by atoms with Crippen molar-refractivity contribution in [3.63, 3.8) is 0 Å². The van der Waals surface area contributed by atoms with E-state index in [0.29, 0.717) is 0 Å². The van der Waals surface area contributed by atoms with Crippen molar-refractivity contribution in [1.29, 1.82) is 0 Å². The van der Waals surface area contributed by atoms with E-state index in [1.165, 1.54) is 44.5 Å². The lowest BCUT2D eigenvalue weighted by Crippen LogP contribution is -2.12. The highest BCUT2D eigenvalue weighted by Gasteiger charge is 2.19. The Kier molecular flexibility index (Phi) is 5.11. The van der Waals surface area contributed by atoms with Gasteiger partial charge in [-0.25, -0.2) is 0 Å². The summed E-state index contributed by atoms with van der Waals surface area (Å²) in [5, 5.41) is 0. The van der Waals surface area contributed by atoms with Crippen LogP contribution in [0.2, 0.25) is 0 Å². The van der Waals surface area contributed by atoms with E-state index in [0.717, 1.165) is 0 Å². The van der Waals surface area contributed by atoms with Crippen LogP contribution in [0.5, 0.6) is 0 Å². The summed E-state index contributed by atoms with van der Waals surface area (Å²) >= 11 is 0. The molecule has 0 bridgehead atoms. The Labute approximate surface area is 174 Å². The third kappa shape index (κ3) is 4.03. The van der Waals surface area contributed by atoms with E-state index in [1.807, 2.05) is 0 Å². The normalized spacial score (nSPS) is 11.4. The molecule has 0 aromatic heterocycles. The van der Waals surface area contributed by atoms with Crippen LogP contribution in [0.25, 0.3) is 33.4 Å². The average molecular weight is 377 g/mol. The summed E-state index contributed by atoms with van der Waals surface area (Å²) in [7, 11) is 0. The summed E-state index contributed by atoms with van der Waals surface area (Å²) in [6.45, 7) is 9.11. The first kappa shape index (κ1) is 19.2. The van der Waals surface area contributed by atoms with E-state index in [2.05, 4.69) is 125 Å². The smallest absolute Gasteiger partial charge is 0.0131 e. The van der Waals surface area contributed by atoms with Gasteiger partial charge in [0.1, 0.15) is 0 Å². The molecule has 4 rings (SSSR count). The predicted molar refractivity (Wildman–Crippen MR) is 126 cm³/mol. The minimum Gasteiger partial charge on any atom is -0.0622 e. The van der Waals surface area contributed by atoms with Gasteiger partial charge in [-0.15, -0.1) is 0 Å². The second-order valence-corrected chi connectivity index (χ2v) is 8.76. The Bertz CT molecular complexity index is 1110. The van der Waals surface area contributed by atoms with Crippen LogP contribution in [-0.2, 0) is 5.41 Å². The van der Waals surface area contributed by atoms with Crippen molar-refractivity contribution in [2.24, 2.45) is 0 Å². The third-order valence-electron chi connectivity index (χ3n) is 5.64. The molecular formula is C29H28. The van der Waals surface area contributed by atoms with Crippen LogP contribution in [0.4, 0.5) is 0 Å². The van der Waals surface area contributed by atoms with E-state index in [1.54, 1.807) is 0 Å². The summed E-state index contributed by atoms with van der Waals surface area (Å²) in [6, 6.07) is 35.0. The second-order valence-electron chi connectivity index (χ2n) is 8.76. The van der Waals surface area contributed by atoms with Crippen LogP contribution in [0.3, 0.4) is 0 Å². The molecule has 0 N–H and O–H groups in total. The van der Waals surface area contributed by atoms with E-state index in [4.69, 9.17) is 0 Å². The van der Waals surface area contributed by atoms with Crippen LogP contribution in [0, 0.1) is 6.92 Å². The first-order valence-corrected chi connectivity index (χ1v) is 10.3. The molecule has 0 amide bonds. The van der Waals surface area contributed by atoms with Crippen LogP contribution in [0.1, 0.15) is 31.9 Å². The minimum atomic E-state index is 0.0863. The Balaban J connectivity index is 1.92. The molecule has 0 spiro atoms. The van der Waals surface area contributed by atoms with Crippen molar-refractivity contribution in [2.75, 3.05) is 0 Å². The summed E-state index contributed by atoms with van der Waals surface area (Å²) in [4.78, 5) is 0. The van der Waals surface area contributed by atoms with Gasteiger partial charge in [-0.2, -0.15) is 0 Å². The molecule has 4 aromatic rings. The van der Waals surface area contributed by atoms with E-state index >= 15 is 0 Å². The number of rotatable bonds is 3. The van der Waals surface area contributed by atoms with Gasteiger partial charge in [-0.1, -0.05) is 112 Å². The van der Waals surface area contributed by atoms with Crippen LogP contribution in [0.15, 0.2) is 97.1 Å². The third-order valence-corrected chi connectivity index (χ3v) is 5.64. The Morgan fingerprint density at radius 1 is 0.483 bits per heavy atom. The molecule has 0 aliphatic carbocycles. The first-order chi connectivity index (χ1) is 13.9. The van der Waals surface area contributed by atoms with Gasteiger partial charge >= 0.3 is 0 Å². The highest BCUT2D eigenvalue weighted by molar-refractivity contribution is 5.81. The zero-order chi connectivity index (χ0) is 20.4. The van der Waals surface area contributed by atoms with Gasteiger partial charge in [-0.05, 0) is 62.9 Å². The highest BCUT2D eigenvalue weighted by Crippen LogP contribution is 2.38. The molecule has 0 fully saturated rings. The molecule has 0 saturated heterocycles. The van der Waals surface area contributed by atoms with Crippen molar-refractivity contribution >= 4 is 0 Å². The molecule has 144 valence electrons. The molecule has 0 nitrogen and oxygen atoms in total. The fraction of sp³-hybridized carbons (Fsp3) is 0.172. The van der Waals surface area contributed by atoms with Gasteiger partial charge in [0, 0.05) is 0 Å². The molecule has 0 aliphatic heterocycles. The molecule has 0 radical (unpaired) electrons. The number of hydrogen-bond donors (Lipinski definition) is 0. The van der Waals surface area contributed by atoms with Gasteiger partial charge in [0.2, 0.25) is 0 Å². The Morgan fingerprint density at radius 2 is 0.966 bits per heavy atom. The lowest BCUT2D eigenvalue weighted by Gasteiger charge is -2.24. The Hall–Kier alpha value is -3.12. The van der Waals surface area contributed by atoms with E-state index < -0.39 is 0 Å². The van der Waals surface area contributed by atoms with Crippen molar-refractivity contribution in [2.45, 2.75) is 33.1 Å². The summed E-state index contributed by atoms with van der Waals surface area (Å²) < 4.78 is 0. The molecule has 0 saturated carbocycles. The van der Waals surface area contributed by atoms with Gasteiger partial charge < -0.3 is 0 Å². The summed E-state index contributed by atoms with van der Waals surface area (Å²) in [5.74, 6) is 0. The molecule has 0 heteroatoms. The van der Waals surface area contributed by atoms with Crippen molar-refractivity contribution in [1.82, 2.24) is 0 Å². The Morgan fingerprint density at radius 3 is 1.55 bits per heavy atom. The van der Waals surface area contributed by atoms with Gasteiger partial charge in [-0.3, -0.25) is 0 Å². The van der Waals surface area contributed by atoms with Gasteiger partial charge in [0.15, 0.2) is 0 Å². The lowest BCUT2D eigenvalue weighted by molar-refractivity contribution is 0.590. The summed E-state index contributed by atoms with van der Waals surface area (Å²) in [5.41, 5.74) is 10.5. The summed E-state index contributed by atoms with van der Waals surface area (Å²) in [6.07, 6.45) is 0. The van der Waals surface area contributed by atoms with Gasteiger partial charge in [0.05, 0.1) is 0 Å². The van der Waals surface area contributed by atoms with Crippen LogP contribution in [-0.4, -0.2) is 0 Å². The lowest BCUT2D eigenvalue weighted by atomic mass is 9.81. The molecule has 0 heterocycles. The molecule has 0 unspecified atom stereocenters. The largest absolute Gasteiger partial charge is 0.0622 e. The van der Waals surface area contributed by atoms with Gasteiger partial charge in [0.25, 0.3) is 0 Å². The van der Waals surface area contributed by atoms with Crippen molar-refractivity contribution in [3.05, 3.63) is 108 Å². The van der Waals surface area contributed by atoms with Crippen molar-refractivity contribution < 1.29 is 0 Å². The minimum absolute atomic E-state index is 0.0863. The predicted octanol–water partition coefficient (Wildman–Crippen LogP) is 8.29. The number of hydrogen-bond acceptors (Lipinski definition) is 0. The zero-order valence-electron chi connectivity index (χ0n) is 17.7. The fourth-order valence-corrected chi connectivity index (χ4v) is 3.86.